The van der Waals surface area contributed by atoms with E-state index in [-0.39, 0.29) is 18.5 Å². The summed E-state index contributed by atoms with van der Waals surface area (Å²) in [6.45, 7) is 2.42. The maximum Gasteiger partial charge on any atom is 0.332 e. The van der Waals surface area contributed by atoms with E-state index in [4.69, 9.17) is 5.26 Å². The van der Waals surface area contributed by atoms with Crippen molar-refractivity contribution in [2.45, 2.75) is 13.5 Å². The third-order valence-corrected chi connectivity index (χ3v) is 3.89. The van der Waals surface area contributed by atoms with E-state index in [0.29, 0.717) is 17.8 Å². The molecule has 1 saturated heterocycles. The van der Waals surface area contributed by atoms with Gasteiger partial charge in [0.15, 0.2) is 0 Å². The summed E-state index contributed by atoms with van der Waals surface area (Å²) in [6, 6.07) is 16.0. The van der Waals surface area contributed by atoms with Gasteiger partial charge in [0, 0.05) is 6.54 Å². The first-order valence-electron chi connectivity index (χ1n) is 7.26. The quantitative estimate of drug-likeness (QED) is 0.819. The maximum absolute atomic E-state index is 12.6. The highest BCUT2D eigenvalue weighted by Gasteiger charge is 2.37. The number of hydrogen-bond donors (Lipinski definition) is 0. The van der Waals surface area contributed by atoms with E-state index in [1.165, 1.54) is 4.90 Å². The lowest BCUT2D eigenvalue weighted by Gasteiger charge is -2.18. The van der Waals surface area contributed by atoms with Gasteiger partial charge in [-0.1, -0.05) is 30.3 Å². The van der Waals surface area contributed by atoms with Gasteiger partial charge in [0.2, 0.25) is 0 Å². The van der Waals surface area contributed by atoms with Crippen LogP contribution in [-0.2, 0) is 11.3 Å². The zero-order valence-electron chi connectivity index (χ0n) is 12.7. The largest absolute Gasteiger partial charge is 0.332 e. The van der Waals surface area contributed by atoms with Gasteiger partial charge >= 0.3 is 6.03 Å². The molecule has 0 saturated carbocycles. The summed E-state index contributed by atoms with van der Waals surface area (Å²) in [5, 5.41) is 8.97. The Morgan fingerprint density at radius 2 is 1.91 bits per heavy atom. The van der Waals surface area contributed by atoms with Gasteiger partial charge in [0.05, 0.1) is 17.3 Å². The Kier molecular flexibility index (Phi) is 3.82. The fraction of sp³-hybridized carbons (Fsp3) is 0.167. The highest BCUT2D eigenvalue weighted by Crippen LogP contribution is 2.24. The minimum Gasteiger partial charge on any atom is -0.310 e. The molecule has 1 fully saturated rings. The average molecular weight is 305 g/mol. The minimum absolute atomic E-state index is 0.0456. The summed E-state index contributed by atoms with van der Waals surface area (Å²) >= 11 is 0. The van der Waals surface area contributed by atoms with Crippen LogP contribution in [0.5, 0.6) is 0 Å². The molecule has 114 valence electrons. The lowest BCUT2D eigenvalue weighted by atomic mass is 10.1. The third kappa shape index (κ3) is 2.79. The second-order valence-corrected chi connectivity index (χ2v) is 5.46. The van der Waals surface area contributed by atoms with Gasteiger partial charge in [-0.05, 0) is 36.2 Å². The van der Waals surface area contributed by atoms with Crippen LogP contribution in [0, 0.1) is 18.3 Å². The van der Waals surface area contributed by atoms with Crippen molar-refractivity contribution in [3.8, 4) is 6.07 Å². The highest BCUT2D eigenvalue weighted by atomic mass is 16.2. The van der Waals surface area contributed by atoms with Crippen LogP contribution in [0.25, 0.3) is 0 Å². The van der Waals surface area contributed by atoms with Gasteiger partial charge in [-0.25, -0.2) is 9.69 Å². The first-order valence-corrected chi connectivity index (χ1v) is 7.26. The number of amides is 3. The van der Waals surface area contributed by atoms with E-state index in [9.17, 15) is 9.59 Å². The number of hydrogen-bond acceptors (Lipinski definition) is 3. The van der Waals surface area contributed by atoms with E-state index in [2.05, 4.69) is 0 Å². The van der Waals surface area contributed by atoms with Crippen LogP contribution < -0.4 is 4.90 Å². The minimum atomic E-state index is -0.353. The number of aryl methyl sites for hydroxylation is 1. The number of rotatable bonds is 3. The van der Waals surface area contributed by atoms with Crippen LogP contribution in [0.3, 0.4) is 0 Å². The van der Waals surface area contributed by atoms with Crippen molar-refractivity contribution >= 4 is 17.6 Å². The van der Waals surface area contributed by atoms with Gasteiger partial charge in [-0.2, -0.15) is 5.26 Å². The van der Waals surface area contributed by atoms with Crippen molar-refractivity contribution in [1.82, 2.24) is 4.90 Å². The first kappa shape index (κ1) is 14.8. The van der Waals surface area contributed by atoms with Crippen molar-refractivity contribution in [3.63, 3.8) is 0 Å². The van der Waals surface area contributed by atoms with Crippen molar-refractivity contribution in [3.05, 3.63) is 65.2 Å². The molecule has 1 aliphatic rings. The lowest BCUT2D eigenvalue weighted by molar-refractivity contribution is -0.116. The molecule has 0 bridgehead atoms. The van der Waals surface area contributed by atoms with Crippen molar-refractivity contribution in [2.75, 3.05) is 11.4 Å². The van der Waals surface area contributed by atoms with Crippen molar-refractivity contribution in [1.29, 1.82) is 5.26 Å². The summed E-state index contributed by atoms with van der Waals surface area (Å²) in [5.74, 6) is -0.279. The van der Waals surface area contributed by atoms with E-state index in [0.717, 1.165) is 16.0 Å². The first-order chi connectivity index (χ1) is 11.1. The summed E-state index contributed by atoms with van der Waals surface area (Å²) in [6.07, 6.45) is 0. The topological polar surface area (TPSA) is 64.4 Å². The van der Waals surface area contributed by atoms with Crippen LogP contribution in [0.1, 0.15) is 16.7 Å². The molecule has 0 atom stereocenters. The van der Waals surface area contributed by atoms with Crippen LogP contribution in [0.2, 0.25) is 0 Å². The lowest BCUT2D eigenvalue weighted by Crippen LogP contribution is -2.32. The number of nitriles is 1. The van der Waals surface area contributed by atoms with Gasteiger partial charge in [0.25, 0.3) is 5.91 Å². The molecule has 5 nitrogen and oxygen atoms in total. The number of benzene rings is 2. The predicted octanol–water partition coefficient (Wildman–Crippen LogP) is 2.84. The van der Waals surface area contributed by atoms with E-state index in [1.807, 2.05) is 37.3 Å². The molecular formula is C18H15N3O2. The number of carbonyl (C=O) groups excluding carboxylic acids is 2. The summed E-state index contributed by atoms with van der Waals surface area (Å²) in [4.78, 5) is 27.5. The Morgan fingerprint density at radius 3 is 2.65 bits per heavy atom. The van der Waals surface area contributed by atoms with Crippen LogP contribution >= 0.6 is 0 Å². The summed E-state index contributed by atoms with van der Waals surface area (Å²) < 4.78 is 0. The molecule has 0 aliphatic carbocycles. The van der Waals surface area contributed by atoms with Gasteiger partial charge in [-0.3, -0.25) is 4.79 Å². The van der Waals surface area contributed by atoms with Crippen LogP contribution in [-0.4, -0.2) is 23.4 Å². The van der Waals surface area contributed by atoms with Gasteiger partial charge < -0.3 is 4.90 Å². The molecule has 3 amide bonds. The molecule has 1 aliphatic heterocycles. The SMILES string of the molecule is Cc1ccccc1CN1CC(=O)N(c2cccc(C#N)c2)C1=O. The standard InChI is InChI=1S/C18H15N3O2/c1-13-5-2-3-7-15(13)11-20-12-17(22)21(18(20)23)16-8-4-6-14(9-16)10-19/h2-9H,11-12H2,1H3. The van der Waals surface area contributed by atoms with Gasteiger partial charge in [-0.15, -0.1) is 0 Å². The molecule has 2 aromatic rings. The summed E-state index contributed by atoms with van der Waals surface area (Å²) in [5.41, 5.74) is 2.95. The number of imide groups is 1. The molecule has 5 heteroatoms. The number of anilines is 1. The molecule has 0 unspecified atom stereocenters. The summed E-state index contributed by atoms with van der Waals surface area (Å²) in [7, 11) is 0. The molecule has 0 radical (unpaired) electrons. The fourth-order valence-electron chi connectivity index (χ4n) is 2.64. The monoisotopic (exact) mass is 305 g/mol. The van der Waals surface area contributed by atoms with Crippen molar-refractivity contribution < 1.29 is 9.59 Å². The van der Waals surface area contributed by atoms with E-state index >= 15 is 0 Å². The third-order valence-electron chi connectivity index (χ3n) is 3.89. The zero-order valence-corrected chi connectivity index (χ0v) is 12.7. The fourth-order valence-corrected chi connectivity index (χ4v) is 2.64. The molecule has 1 heterocycles. The Balaban J connectivity index is 1.85. The van der Waals surface area contributed by atoms with E-state index < -0.39 is 0 Å². The predicted molar refractivity (Wildman–Crippen MR) is 85.6 cm³/mol. The second-order valence-electron chi connectivity index (χ2n) is 5.46. The normalized spacial score (nSPS) is 14.3. The Labute approximate surface area is 134 Å². The Hall–Kier alpha value is -3.13. The molecular weight excluding hydrogens is 290 g/mol. The van der Waals surface area contributed by atoms with Crippen molar-refractivity contribution in [2.24, 2.45) is 0 Å². The van der Waals surface area contributed by atoms with Crippen LogP contribution in [0.15, 0.2) is 48.5 Å². The molecule has 3 rings (SSSR count). The Morgan fingerprint density at radius 1 is 1.13 bits per heavy atom. The number of nitrogens with zero attached hydrogens (tertiary/aromatic N) is 3. The number of urea groups is 1. The maximum atomic E-state index is 12.6. The van der Waals surface area contributed by atoms with Crippen LogP contribution in [0.4, 0.5) is 10.5 Å². The highest BCUT2D eigenvalue weighted by molar-refractivity contribution is 6.19. The smallest absolute Gasteiger partial charge is 0.310 e. The second kappa shape index (κ2) is 5.93. The Bertz CT molecular complexity index is 823. The molecule has 23 heavy (non-hydrogen) atoms. The van der Waals surface area contributed by atoms with Gasteiger partial charge in [0.1, 0.15) is 6.54 Å². The molecule has 0 N–H and O–H groups in total. The van der Waals surface area contributed by atoms with E-state index in [1.54, 1.807) is 24.3 Å². The molecule has 2 aromatic carbocycles. The zero-order chi connectivity index (χ0) is 16.4. The number of carbonyl (C=O) groups is 2. The molecule has 0 spiro atoms. The molecule has 0 aromatic heterocycles. The average Bonchev–Trinajstić information content (AvgIpc) is 2.83.